The molecule has 0 spiro atoms. The number of rotatable bonds is 14. The molecule has 0 radical (unpaired) electrons. The maximum atomic E-state index is 12.4. The molecule has 3 aromatic carbocycles. The van der Waals surface area contributed by atoms with Gasteiger partial charge in [0.15, 0.2) is 16.7 Å². The van der Waals surface area contributed by atoms with Gasteiger partial charge in [-0.3, -0.25) is 9.36 Å². The van der Waals surface area contributed by atoms with Crippen molar-refractivity contribution in [2.75, 3.05) is 33.6 Å². The summed E-state index contributed by atoms with van der Waals surface area (Å²) in [6.07, 6.45) is 2.57. The Hall–Kier alpha value is -3.98. The van der Waals surface area contributed by atoms with Crippen molar-refractivity contribution in [3.05, 3.63) is 89.7 Å². The number of benzene rings is 3. The van der Waals surface area contributed by atoms with E-state index < -0.39 is 0 Å². The molecule has 8 nitrogen and oxygen atoms in total. The molecule has 0 saturated carbocycles. The van der Waals surface area contributed by atoms with Crippen molar-refractivity contribution in [2.24, 2.45) is 0 Å². The fraction of sp³-hybridized carbons (Fsp3) is 0.300. The number of aromatic nitrogens is 3. The SMILES string of the molecule is COc1ccc(-n2c(Cc3ccccc3)nnc2SCCCC(=O)NCCc2ccc(OC)c(OC)c2)cc1. The van der Waals surface area contributed by atoms with Gasteiger partial charge in [-0.2, -0.15) is 0 Å². The molecule has 0 aliphatic rings. The first-order valence-corrected chi connectivity index (χ1v) is 13.8. The molecule has 0 bridgehead atoms. The van der Waals surface area contributed by atoms with Crippen molar-refractivity contribution in [1.82, 2.24) is 20.1 Å². The Labute approximate surface area is 233 Å². The van der Waals surface area contributed by atoms with Crippen molar-refractivity contribution >= 4 is 17.7 Å². The van der Waals surface area contributed by atoms with E-state index in [1.807, 2.05) is 60.7 Å². The first-order chi connectivity index (χ1) is 19.1. The zero-order valence-electron chi connectivity index (χ0n) is 22.6. The third-order valence-corrected chi connectivity index (χ3v) is 7.21. The second kappa shape index (κ2) is 14.2. The average molecular weight is 547 g/mol. The zero-order valence-corrected chi connectivity index (χ0v) is 23.4. The monoisotopic (exact) mass is 546 g/mol. The van der Waals surface area contributed by atoms with Gasteiger partial charge < -0.3 is 19.5 Å². The van der Waals surface area contributed by atoms with Gasteiger partial charge in [0, 0.05) is 30.8 Å². The molecule has 1 amide bonds. The van der Waals surface area contributed by atoms with Gasteiger partial charge >= 0.3 is 0 Å². The summed E-state index contributed by atoms with van der Waals surface area (Å²) in [7, 11) is 4.88. The number of carbonyl (C=O) groups is 1. The molecule has 39 heavy (non-hydrogen) atoms. The Morgan fingerprint density at radius 2 is 1.64 bits per heavy atom. The molecule has 0 atom stereocenters. The summed E-state index contributed by atoms with van der Waals surface area (Å²) in [6, 6.07) is 23.9. The van der Waals surface area contributed by atoms with Crippen LogP contribution in [0.15, 0.2) is 78.0 Å². The van der Waals surface area contributed by atoms with Crippen molar-refractivity contribution in [1.29, 1.82) is 0 Å². The predicted molar refractivity (Wildman–Crippen MR) is 153 cm³/mol. The van der Waals surface area contributed by atoms with E-state index in [9.17, 15) is 4.79 Å². The summed E-state index contributed by atoms with van der Waals surface area (Å²) in [4.78, 5) is 12.4. The van der Waals surface area contributed by atoms with Crippen LogP contribution in [-0.2, 0) is 17.6 Å². The van der Waals surface area contributed by atoms with Gasteiger partial charge in [0.1, 0.15) is 11.6 Å². The number of nitrogens with zero attached hydrogens (tertiary/aromatic N) is 3. The molecule has 0 unspecified atom stereocenters. The van der Waals surface area contributed by atoms with Crippen LogP contribution in [-0.4, -0.2) is 54.3 Å². The van der Waals surface area contributed by atoms with Crippen LogP contribution >= 0.6 is 11.8 Å². The number of thioether (sulfide) groups is 1. The number of carbonyl (C=O) groups excluding carboxylic acids is 1. The Kier molecular flexibility index (Phi) is 10.2. The van der Waals surface area contributed by atoms with Gasteiger partial charge in [-0.15, -0.1) is 10.2 Å². The fourth-order valence-corrected chi connectivity index (χ4v) is 5.05. The highest BCUT2D eigenvalue weighted by molar-refractivity contribution is 7.99. The summed E-state index contributed by atoms with van der Waals surface area (Å²) in [5, 5.41) is 12.8. The highest BCUT2D eigenvalue weighted by Crippen LogP contribution is 2.28. The molecule has 1 N–H and O–H groups in total. The molecule has 1 heterocycles. The maximum absolute atomic E-state index is 12.4. The van der Waals surface area contributed by atoms with Gasteiger partial charge in [0.2, 0.25) is 5.91 Å². The molecular weight excluding hydrogens is 512 g/mol. The number of hydrogen-bond donors (Lipinski definition) is 1. The first kappa shape index (κ1) is 28.0. The number of methoxy groups -OCH3 is 3. The van der Waals surface area contributed by atoms with Gasteiger partial charge in [-0.05, 0) is 60.4 Å². The lowest BCUT2D eigenvalue weighted by molar-refractivity contribution is -0.121. The van der Waals surface area contributed by atoms with Crippen LogP contribution in [0.3, 0.4) is 0 Å². The molecule has 0 fully saturated rings. The largest absolute Gasteiger partial charge is 0.497 e. The minimum absolute atomic E-state index is 0.0393. The molecule has 1 aromatic heterocycles. The summed E-state index contributed by atoms with van der Waals surface area (Å²) < 4.78 is 18.0. The number of hydrogen-bond acceptors (Lipinski definition) is 7. The van der Waals surface area contributed by atoms with Gasteiger partial charge in [-0.25, -0.2) is 0 Å². The van der Waals surface area contributed by atoms with Gasteiger partial charge in [0.05, 0.1) is 21.3 Å². The second-order valence-corrected chi connectivity index (χ2v) is 9.90. The lowest BCUT2D eigenvalue weighted by atomic mass is 10.1. The number of ether oxygens (including phenoxy) is 3. The summed E-state index contributed by atoms with van der Waals surface area (Å²) in [5.74, 6) is 3.83. The lowest BCUT2D eigenvalue weighted by Gasteiger charge is -2.11. The van der Waals surface area contributed by atoms with Crippen LogP contribution in [0, 0.1) is 0 Å². The Bertz CT molecular complexity index is 1340. The Balaban J connectivity index is 1.30. The van der Waals surface area contributed by atoms with E-state index in [2.05, 4.69) is 32.2 Å². The van der Waals surface area contributed by atoms with Crippen molar-refractivity contribution in [2.45, 2.75) is 30.8 Å². The quantitative estimate of drug-likeness (QED) is 0.174. The fourth-order valence-electron chi connectivity index (χ4n) is 4.14. The predicted octanol–water partition coefficient (Wildman–Crippen LogP) is 5.12. The topological polar surface area (TPSA) is 87.5 Å². The van der Waals surface area contributed by atoms with Crippen LogP contribution < -0.4 is 19.5 Å². The van der Waals surface area contributed by atoms with E-state index in [1.54, 1.807) is 33.1 Å². The zero-order chi connectivity index (χ0) is 27.5. The van der Waals surface area contributed by atoms with Crippen molar-refractivity contribution in [3.8, 4) is 22.9 Å². The van der Waals surface area contributed by atoms with Crippen LogP contribution in [0.25, 0.3) is 5.69 Å². The van der Waals surface area contributed by atoms with E-state index in [0.29, 0.717) is 30.9 Å². The van der Waals surface area contributed by atoms with E-state index in [4.69, 9.17) is 14.2 Å². The van der Waals surface area contributed by atoms with Gasteiger partial charge in [0.25, 0.3) is 0 Å². The van der Waals surface area contributed by atoms with E-state index >= 15 is 0 Å². The smallest absolute Gasteiger partial charge is 0.220 e. The van der Waals surface area contributed by atoms with E-state index in [0.717, 1.165) is 46.6 Å². The maximum Gasteiger partial charge on any atom is 0.220 e. The summed E-state index contributed by atoms with van der Waals surface area (Å²) in [5.41, 5.74) is 3.22. The minimum Gasteiger partial charge on any atom is -0.497 e. The molecule has 0 aliphatic carbocycles. The highest BCUT2D eigenvalue weighted by atomic mass is 32.2. The van der Waals surface area contributed by atoms with Crippen LogP contribution in [0.1, 0.15) is 29.8 Å². The summed E-state index contributed by atoms with van der Waals surface area (Å²) >= 11 is 1.61. The molecule has 9 heteroatoms. The van der Waals surface area contributed by atoms with Crippen LogP contribution in [0.2, 0.25) is 0 Å². The molecular formula is C30H34N4O4S. The standard InChI is InChI=1S/C30H34N4O4S/c1-36-25-14-12-24(13-15-25)34-28(21-22-8-5-4-6-9-22)32-33-30(34)39-19-7-10-29(35)31-18-17-23-11-16-26(37-2)27(20-23)38-3/h4-6,8-9,11-16,20H,7,10,17-19,21H2,1-3H3,(H,31,35). The Morgan fingerprint density at radius 3 is 2.36 bits per heavy atom. The van der Waals surface area contributed by atoms with Crippen molar-refractivity contribution in [3.63, 3.8) is 0 Å². The molecule has 0 saturated heterocycles. The number of nitrogens with one attached hydrogen (secondary N) is 1. The Morgan fingerprint density at radius 1 is 0.872 bits per heavy atom. The van der Waals surface area contributed by atoms with Gasteiger partial charge in [-0.1, -0.05) is 48.2 Å². The lowest BCUT2D eigenvalue weighted by Crippen LogP contribution is -2.25. The van der Waals surface area contributed by atoms with Crippen LogP contribution in [0.5, 0.6) is 17.2 Å². The van der Waals surface area contributed by atoms with E-state index in [1.165, 1.54) is 5.56 Å². The second-order valence-electron chi connectivity index (χ2n) is 8.84. The average Bonchev–Trinajstić information content (AvgIpc) is 3.37. The minimum atomic E-state index is 0.0393. The number of amides is 1. The van der Waals surface area contributed by atoms with Crippen molar-refractivity contribution < 1.29 is 19.0 Å². The normalized spacial score (nSPS) is 10.7. The molecule has 204 valence electrons. The third-order valence-electron chi connectivity index (χ3n) is 6.20. The highest BCUT2D eigenvalue weighted by Gasteiger charge is 2.15. The molecule has 0 aliphatic heterocycles. The third kappa shape index (κ3) is 7.77. The molecule has 4 rings (SSSR count). The first-order valence-electron chi connectivity index (χ1n) is 12.8. The van der Waals surface area contributed by atoms with Crippen LogP contribution in [0.4, 0.5) is 0 Å². The molecule has 4 aromatic rings. The van der Waals surface area contributed by atoms with E-state index in [-0.39, 0.29) is 5.91 Å². The summed E-state index contributed by atoms with van der Waals surface area (Å²) in [6.45, 7) is 0.566.